The van der Waals surface area contributed by atoms with Crippen molar-refractivity contribution in [2.75, 3.05) is 13.2 Å². The van der Waals surface area contributed by atoms with Crippen LogP contribution < -0.4 is 14.2 Å². The number of benzene rings is 2. The Hall–Kier alpha value is -1.91. The van der Waals surface area contributed by atoms with Gasteiger partial charge in [0.15, 0.2) is 18.1 Å². The van der Waals surface area contributed by atoms with E-state index in [2.05, 4.69) is 0 Å². The molecule has 0 amide bonds. The lowest BCUT2D eigenvalue weighted by Gasteiger charge is -2.11. The van der Waals surface area contributed by atoms with E-state index in [0.717, 1.165) is 0 Å². The molecule has 0 saturated carbocycles. The lowest BCUT2D eigenvalue weighted by molar-refractivity contribution is -0.136. The van der Waals surface area contributed by atoms with E-state index in [1.54, 1.807) is 36.4 Å². The maximum atomic E-state index is 11.9. The first-order chi connectivity index (χ1) is 10.6. The van der Waals surface area contributed by atoms with Gasteiger partial charge in [-0.1, -0.05) is 35.3 Å². The van der Waals surface area contributed by atoms with E-state index in [9.17, 15) is 4.79 Å². The standard InChI is InChI=1S/C16H14Cl2O4/c1-2-20-13-5-3-4-6-14(13)22-16(19)10-21-15-9-11(17)7-8-12(15)18/h3-9H,2,10H2,1H3. The van der Waals surface area contributed by atoms with Crippen molar-refractivity contribution in [3.63, 3.8) is 0 Å². The van der Waals surface area contributed by atoms with Gasteiger partial charge in [0.05, 0.1) is 11.6 Å². The van der Waals surface area contributed by atoms with Gasteiger partial charge >= 0.3 is 5.97 Å². The second kappa shape index (κ2) is 7.92. The fourth-order valence-electron chi connectivity index (χ4n) is 1.69. The van der Waals surface area contributed by atoms with Gasteiger partial charge in [-0.3, -0.25) is 0 Å². The molecule has 0 unspecified atom stereocenters. The topological polar surface area (TPSA) is 44.8 Å². The summed E-state index contributed by atoms with van der Waals surface area (Å²) in [5.41, 5.74) is 0. The Kier molecular flexibility index (Phi) is 5.92. The second-order valence-electron chi connectivity index (χ2n) is 4.22. The van der Waals surface area contributed by atoms with Crippen molar-refractivity contribution in [3.05, 3.63) is 52.5 Å². The van der Waals surface area contributed by atoms with Crippen LogP contribution in [0.25, 0.3) is 0 Å². The number of carbonyl (C=O) groups is 1. The molecule has 0 heterocycles. The average Bonchev–Trinajstić information content (AvgIpc) is 2.50. The Labute approximate surface area is 138 Å². The monoisotopic (exact) mass is 340 g/mol. The van der Waals surface area contributed by atoms with E-state index >= 15 is 0 Å². The summed E-state index contributed by atoms with van der Waals surface area (Å²) in [5.74, 6) is 0.599. The summed E-state index contributed by atoms with van der Waals surface area (Å²) in [6.45, 7) is 2.03. The van der Waals surface area contributed by atoms with Crippen LogP contribution in [0.1, 0.15) is 6.92 Å². The van der Waals surface area contributed by atoms with Crippen LogP contribution in [0.3, 0.4) is 0 Å². The van der Waals surface area contributed by atoms with Crippen LogP contribution in [-0.2, 0) is 4.79 Å². The average molecular weight is 341 g/mol. The van der Waals surface area contributed by atoms with Gasteiger partial charge in [0.25, 0.3) is 0 Å². The summed E-state index contributed by atoms with van der Waals surface area (Å²) in [5, 5.41) is 0.835. The van der Waals surface area contributed by atoms with Crippen molar-refractivity contribution in [2.45, 2.75) is 6.92 Å². The largest absolute Gasteiger partial charge is 0.490 e. The van der Waals surface area contributed by atoms with Crippen molar-refractivity contribution in [1.29, 1.82) is 0 Å². The molecule has 0 bridgehead atoms. The number of halogens is 2. The molecule has 116 valence electrons. The molecule has 0 aliphatic heterocycles. The third kappa shape index (κ3) is 4.55. The smallest absolute Gasteiger partial charge is 0.349 e. The van der Waals surface area contributed by atoms with Crippen molar-refractivity contribution in [2.24, 2.45) is 0 Å². The van der Waals surface area contributed by atoms with Crippen molar-refractivity contribution in [3.8, 4) is 17.2 Å². The highest BCUT2D eigenvalue weighted by Gasteiger charge is 2.12. The van der Waals surface area contributed by atoms with E-state index in [1.807, 2.05) is 6.92 Å². The van der Waals surface area contributed by atoms with Gasteiger partial charge < -0.3 is 14.2 Å². The zero-order chi connectivity index (χ0) is 15.9. The van der Waals surface area contributed by atoms with Crippen LogP contribution >= 0.6 is 23.2 Å². The highest BCUT2D eigenvalue weighted by molar-refractivity contribution is 6.34. The minimum atomic E-state index is -0.566. The number of hydrogen-bond acceptors (Lipinski definition) is 4. The third-order valence-corrected chi connectivity index (χ3v) is 3.16. The first kappa shape index (κ1) is 16.5. The number of ether oxygens (including phenoxy) is 3. The Balaban J connectivity index is 1.97. The molecule has 2 rings (SSSR count). The second-order valence-corrected chi connectivity index (χ2v) is 5.06. The molecule has 0 spiro atoms. The molecule has 6 heteroatoms. The first-order valence-electron chi connectivity index (χ1n) is 6.60. The van der Waals surface area contributed by atoms with Crippen LogP contribution in [0, 0.1) is 0 Å². The van der Waals surface area contributed by atoms with E-state index in [0.29, 0.717) is 33.9 Å². The lowest BCUT2D eigenvalue weighted by atomic mass is 10.3. The predicted molar refractivity (Wildman–Crippen MR) is 85.2 cm³/mol. The molecule has 0 aromatic heterocycles. The Bertz CT molecular complexity index is 658. The minimum absolute atomic E-state index is 0.291. The number of rotatable bonds is 6. The first-order valence-corrected chi connectivity index (χ1v) is 7.36. The maximum Gasteiger partial charge on any atom is 0.349 e. The predicted octanol–water partition coefficient (Wildman–Crippen LogP) is 4.38. The molecule has 0 saturated heterocycles. The van der Waals surface area contributed by atoms with Gasteiger partial charge in [0.2, 0.25) is 0 Å². The Morgan fingerprint density at radius 2 is 1.73 bits per heavy atom. The van der Waals surface area contributed by atoms with Gasteiger partial charge in [0.1, 0.15) is 5.75 Å². The summed E-state index contributed by atoms with van der Waals surface area (Å²) in [6.07, 6.45) is 0. The van der Waals surface area contributed by atoms with E-state index in [-0.39, 0.29) is 6.61 Å². The molecule has 0 atom stereocenters. The van der Waals surface area contributed by atoms with Crippen molar-refractivity contribution < 1.29 is 19.0 Å². The highest BCUT2D eigenvalue weighted by Crippen LogP contribution is 2.28. The molecular weight excluding hydrogens is 327 g/mol. The normalized spacial score (nSPS) is 10.1. The molecule has 0 fully saturated rings. The highest BCUT2D eigenvalue weighted by atomic mass is 35.5. The lowest BCUT2D eigenvalue weighted by Crippen LogP contribution is -2.18. The fourth-order valence-corrected chi connectivity index (χ4v) is 2.02. The summed E-state index contributed by atoms with van der Waals surface area (Å²) in [4.78, 5) is 11.9. The summed E-state index contributed by atoms with van der Waals surface area (Å²) >= 11 is 11.8. The van der Waals surface area contributed by atoms with E-state index in [4.69, 9.17) is 37.4 Å². The van der Waals surface area contributed by atoms with Crippen LogP contribution in [0.2, 0.25) is 10.0 Å². The minimum Gasteiger partial charge on any atom is -0.490 e. The molecular formula is C16H14Cl2O4. The van der Waals surface area contributed by atoms with Crippen LogP contribution in [-0.4, -0.2) is 19.2 Å². The number of hydrogen-bond donors (Lipinski definition) is 0. The fraction of sp³-hybridized carbons (Fsp3) is 0.188. The molecule has 4 nitrogen and oxygen atoms in total. The van der Waals surface area contributed by atoms with Gasteiger partial charge in [-0.15, -0.1) is 0 Å². The van der Waals surface area contributed by atoms with Crippen molar-refractivity contribution in [1.82, 2.24) is 0 Å². The molecule has 22 heavy (non-hydrogen) atoms. The van der Waals surface area contributed by atoms with E-state index < -0.39 is 5.97 Å². The number of carbonyl (C=O) groups excluding carboxylic acids is 1. The van der Waals surface area contributed by atoms with Crippen molar-refractivity contribution >= 4 is 29.2 Å². The van der Waals surface area contributed by atoms with Crippen LogP contribution in [0.5, 0.6) is 17.2 Å². The summed E-state index contributed by atoms with van der Waals surface area (Å²) in [6, 6.07) is 11.7. The zero-order valence-corrected chi connectivity index (χ0v) is 13.4. The van der Waals surface area contributed by atoms with Gasteiger partial charge in [-0.2, -0.15) is 0 Å². The number of para-hydroxylation sites is 2. The molecule has 0 radical (unpaired) electrons. The van der Waals surface area contributed by atoms with Crippen LogP contribution in [0.4, 0.5) is 0 Å². The maximum absolute atomic E-state index is 11.9. The van der Waals surface area contributed by atoms with Gasteiger partial charge in [-0.05, 0) is 31.2 Å². The number of esters is 1. The molecule has 2 aromatic rings. The summed E-state index contributed by atoms with van der Waals surface area (Å²) in [7, 11) is 0. The molecule has 0 aliphatic rings. The van der Waals surface area contributed by atoms with E-state index in [1.165, 1.54) is 6.07 Å². The SMILES string of the molecule is CCOc1ccccc1OC(=O)COc1cc(Cl)ccc1Cl. The van der Waals surface area contributed by atoms with Gasteiger partial charge in [0, 0.05) is 11.1 Å². The Morgan fingerprint density at radius 3 is 2.45 bits per heavy atom. The molecule has 0 N–H and O–H groups in total. The summed E-state index contributed by atoms with van der Waals surface area (Å²) < 4.78 is 15.9. The van der Waals surface area contributed by atoms with Crippen LogP contribution in [0.15, 0.2) is 42.5 Å². The zero-order valence-electron chi connectivity index (χ0n) is 11.8. The molecule has 2 aromatic carbocycles. The third-order valence-electron chi connectivity index (χ3n) is 2.61. The Morgan fingerprint density at radius 1 is 1.00 bits per heavy atom. The van der Waals surface area contributed by atoms with Gasteiger partial charge in [-0.25, -0.2) is 4.79 Å². The molecule has 0 aliphatic carbocycles. The quantitative estimate of drug-likeness (QED) is 0.578.